The highest BCUT2D eigenvalue weighted by molar-refractivity contribution is 5.89. The first-order chi connectivity index (χ1) is 24.5. The first-order valence-electron chi connectivity index (χ1n) is 17.3. The van der Waals surface area contributed by atoms with Crippen LogP contribution < -0.4 is 22.5 Å². The lowest BCUT2D eigenvalue weighted by atomic mass is 9.84. The maximum Gasteiger partial charge on any atom is 0.312 e. The minimum absolute atomic E-state index is 0.00139. The highest BCUT2D eigenvalue weighted by atomic mass is 19.1. The summed E-state index contributed by atoms with van der Waals surface area (Å²) in [4.78, 5) is 58.7. The lowest BCUT2D eigenvalue weighted by molar-refractivity contribution is -0.142. The van der Waals surface area contributed by atoms with Gasteiger partial charge in [0.25, 0.3) is 0 Å². The summed E-state index contributed by atoms with van der Waals surface area (Å²) in [6.45, 7) is 8.78. The quantitative estimate of drug-likeness (QED) is 0.124. The van der Waals surface area contributed by atoms with Crippen LogP contribution in [0.25, 0.3) is 11.3 Å². The first kappa shape index (κ1) is 41.5. The number of primary amides is 2. The Balaban J connectivity index is 2.06. The number of hydrogen-bond donors (Lipinski definition) is 5. The molecule has 15 heteroatoms. The highest BCUT2D eigenvalue weighted by Gasteiger charge is 2.39. The van der Waals surface area contributed by atoms with E-state index in [1.807, 2.05) is 51.1 Å². The summed E-state index contributed by atoms with van der Waals surface area (Å²) >= 11 is 0. The zero-order valence-corrected chi connectivity index (χ0v) is 30.5. The average Bonchev–Trinajstić information content (AvgIpc) is 3.48. The number of nitrogens with one attached hydrogen (secondary N) is 1. The third-order valence-electron chi connectivity index (χ3n) is 8.78. The zero-order chi connectivity index (χ0) is 38.7. The van der Waals surface area contributed by atoms with Gasteiger partial charge in [-0.2, -0.15) is 0 Å². The van der Waals surface area contributed by atoms with E-state index < -0.39 is 65.5 Å². The van der Waals surface area contributed by atoms with Crippen LogP contribution in [0.5, 0.6) is 0 Å². The molecule has 3 atom stereocenters. The number of halogens is 2. The predicted molar refractivity (Wildman–Crippen MR) is 193 cm³/mol. The fourth-order valence-corrected chi connectivity index (χ4v) is 6.13. The van der Waals surface area contributed by atoms with Crippen LogP contribution in [0.2, 0.25) is 0 Å². The molecule has 52 heavy (non-hydrogen) atoms. The Kier molecular flexibility index (Phi) is 14.8. The van der Waals surface area contributed by atoms with Gasteiger partial charge in [0.05, 0.1) is 17.8 Å². The number of carbonyl (C=O) groups excluding carboxylic acids is 4. The topological polar surface area (TPSA) is 203 Å². The van der Waals surface area contributed by atoms with Crippen molar-refractivity contribution in [2.75, 3.05) is 26.2 Å². The van der Waals surface area contributed by atoms with Crippen LogP contribution in [-0.2, 0) is 20.9 Å². The molecule has 0 aliphatic heterocycles. The molecule has 0 saturated heterocycles. The number of nitrogens with zero attached hydrogens (tertiary/aromatic N) is 4. The van der Waals surface area contributed by atoms with Crippen molar-refractivity contribution in [1.82, 2.24) is 24.7 Å². The number of aromatic nitrogens is 2. The van der Waals surface area contributed by atoms with Crippen LogP contribution in [0, 0.1) is 23.0 Å². The summed E-state index contributed by atoms with van der Waals surface area (Å²) in [5, 5.41) is 12.6. The van der Waals surface area contributed by atoms with Gasteiger partial charge in [-0.3, -0.25) is 14.4 Å². The Morgan fingerprint density at radius 3 is 2.21 bits per heavy atom. The Hall–Kier alpha value is -4.89. The lowest BCUT2D eigenvalue weighted by Gasteiger charge is -2.40. The number of nitrogens with two attached hydrogens (primary N) is 3. The van der Waals surface area contributed by atoms with Crippen molar-refractivity contribution in [3.05, 3.63) is 77.8 Å². The van der Waals surface area contributed by atoms with E-state index >= 15 is 4.39 Å². The highest BCUT2D eigenvalue weighted by Crippen LogP contribution is 2.39. The SMILES string of the molecule is CC(C)[C@H](N)C(=O)N(CCCN(C(=O)CO)[C@@H](c1nc(-c2cc(F)ccc2F)cn1Cc1ccccc1)C(C)(C)C)[C@@H](CCCNC(N)=O)C(N)=O. The molecule has 2 aromatic carbocycles. The summed E-state index contributed by atoms with van der Waals surface area (Å²) in [5.41, 5.74) is 17.5. The maximum atomic E-state index is 15.1. The molecule has 0 fully saturated rings. The van der Waals surface area contributed by atoms with Crippen LogP contribution in [0.1, 0.15) is 71.3 Å². The average molecular weight is 727 g/mol. The molecule has 284 valence electrons. The fourth-order valence-electron chi connectivity index (χ4n) is 6.13. The van der Waals surface area contributed by atoms with Crippen molar-refractivity contribution in [1.29, 1.82) is 0 Å². The zero-order valence-electron chi connectivity index (χ0n) is 30.5. The van der Waals surface area contributed by atoms with Gasteiger partial charge in [-0.15, -0.1) is 0 Å². The Labute approximate surface area is 303 Å². The molecule has 0 bridgehead atoms. The predicted octanol–water partition coefficient (Wildman–Crippen LogP) is 3.29. The smallest absolute Gasteiger partial charge is 0.312 e. The van der Waals surface area contributed by atoms with Crippen LogP contribution in [0.15, 0.2) is 54.7 Å². The van der Waals surface area contributed by atoms with Crippen LogP contribution in [0.4, 0.5) is 13.6 Å². The number of urea groups is 1. The number of rotatable bonds is 18. The molecule has 0 saturated carbocycles. The van der Waals surface area contributed by atoms with Crippen molar-refractivity contribution >= 4 is 23.8 Å². The number of amides is 5. The van der Waals surface area contributed by atoms with Gasteiger partial charge >= 0.3 is 6.03 Å². The van der Waals surface area contributed by atoms with Crippen molar-refractivity contribution in [3.63, 3.8) is 0 Å². The molecule has 13 nitrogen and oxygen atoms in total. The van der Waals surface area contributed by atoms with E-state index in [0.717, 1.165) is 23.8 Å². The second-order valence-corrected chi connectivity index (χ2v) is 14.2. The number of imidazole rings is 1. The molecule has 0 radical (unpaired) electrons. The van der Waals surface area contributed by atoms with Gasteiger partial charge in [-0.1, -0.05) is 65.0 Å². The summed E-state index contributed by atoms with van der Waals surface area (Å²) < 4.78 is 31.2. The maximum absolute atomic E-state index is 15.1. The van der Waals surface area contributed by atoms with Crippen LogP contribution in [-0.4, -0.2) is 86.5 Å². The van der Waals surface area contributed by atoms with E-state index in [1.54, 1.807) is 24.6 Å². The first-order valence-corrected chi connectivity index (χ1v) is 17.3. The Morgan fingerprint density at radius 2 is 1.63 bits per heavy atom. The molecular weight excluding hydrogens is 674 g/mol. The molecule has 5 amide bonds. The molecule has 3 rings (SSSR count). The number of carbonyl (C=O) groups is 4. The molecule has 0 aliphatic carbocycles. The standard InChI is InChI=1S/C37H52F2N8O5/c1-23(2)31(40)35(51)46(29(33(41)50)13-9-16-43-36(42)52)17-10-18-47(30(49)22-48)32(37(3,4)5)34-44-28(26-19-25(38)14-15-27(26)39)21-45(34)20-24-11-7-6-8-12-24/h6-8,11-12,14-15,19,21,23,29,31-32,48H,9-10,13,16-18,20,22,40H2,1-5H3,(H2,41,50)(H3,42,43,52)/t29-,31-,32-/m0/s1. The third-order valence-corrected chi connectivity index (χ3v) is 8.78. The van der Waals surface area contributed by atoms with Crippen molar-refractivity contribution < 1.29 is 33.1 Å². The molecular formula is C37H52F2N8O5. The van der Waals surface area contributed by atoms with E-state index in [-0.39, 0.29) is 62.6 Å². The molecule has 3 aromatic rings. The molecule has 0 spiro atoms. The normalized spacial score (nSPS) is 13.3. The van der Waals surface area contributed by atoms with Gasteiger partial charge in [-0.05, 0) is 54.4 Å². The largest absolute Gasteiger partial charge is 0.387 e. The van der Waals surface area contributed by atoms with E-state index in [4.69, 9.17) is 22.2 Å². The van der Waals surface area contributed by atoms with Gasteiger partial charge in [0, 0.05) is 37.9 Å². The molecule has 1 heterocycles. The Morgan fingerprint density at radius 1 is 0.981 bits per heavy atom. The summed E-state index contributed by atoms with van der Waals surface area (Å²) in [6.07, 6.45) is 2.16. The van der Waals surface area contributed by atoms with Crippen LogP contribution >= 0.6 is 0 Å². The van der Waals surface area contributed by atoms with E-state index in [1.165, 1.54) is 9.80 Å². The summed E-state index contributed by atoms with van der Waals surface area (Å²) in [7, 11) is 0. The molecule has 1 aromatic heterocycles. The minimum atomic E-state index is -1.07. The van der Waals surface area contributed by atoms with Gasteiger partial charge in [-0.25, -0.2) is 18.6 Å². The van der Waals surface area contributed by atoms with Crippen molar-refractivity contribution in [3.8, 4) is 11.3 Å². The molecule has 0 unspecified atom stereocenters. The number of aliphatic hydroxyl groups is 1. The van der Waals surface area contributed by atoms with Gasteiger partial charge in [0.15, 0.2) is 0 Å². The Bertz CT molecular complexity index is 1680. The third kappa shape index (κ3) is 11.1. The van der Waals surface area contributed by atoms with E-state index in [0.29, 0.717) is 5.82 Å². The van der Waals surface area contributed by atoms with Crippen molar-refractivity contribution in [2.24, 2.45) is 28.5 Å². The van der Waals surface area contributed by atoms with Gasteiger partial charge in [0.1, 0.15) is 30.1 Å². The summed E-state index contributed by atoms with van der Waals surface area (Å²) in [6, 6.07) is 8.96. The van der Waals surface area contributed by atoms with E-state index in [9.17, 15) is 28.7 Å². The minimum Gasteiger partial charge on any atom is -0.387 e. The number of aliphatic hydroxyl groups excluding tert-OH is 1. The summed E-state index contributed by atoms with van der Waals surface area (Å²) in [5.74, 6) is -3.12. The molecule has 8 N–H and O–H groups in total. The van der Waals surface area contributed by atoms with Gasteiger partial charge in [0.2, 0.25) is 17.7 Å². The number of benzene rings is 2. The number of hydrogen-bond acceptors (Lipinski definition) is 7. The second kappa shape index (κ2) is 18.6. The van der Waals surface area contributed by atoms with Gasteiger partial charge < -0.3 is 42.0 Å². The van der Waals surface area contributed by atoms with Crippen LogP contribution in [0.3, 0.4) is 0 Å². The van der Waals surface area contributed by atoms with Crippen molar-refractivity contribution in [2.45, 2.75) is 78.6 Å². The van der Waals surface area contributed by atoms with E-state index in [2.05, 4.69) is 5.32 Å². The fraction of sp³-hybridized carbons (Fsp3) is 0.486. The monoisotopic (exact) mass is 726 g/mol. The second-order valence-electron chi connectivity index (χ2n) is 14.2. The molecule has 0 aliphatic rings. The lowest BCUT2D eigenvalue weighted by Crippen LogP contribution is -2.55.